The highest BCUT2D eigenvalue weighted by atomic mass is 35.5. The van der Waals surface area contributed by atoms with Gasteiger partial charge in [-0.1, -0.05) is 29.3 Å². The fourth-order valence-electron chi connectivity index (χ4n) is 3.90. The Bertz CT molecular complexity index is 1020. The Morgan fingerprint density at radius 2 is 1.69 bits per heavy atom. The van der Waals surface area contributed by atoms with Crippen LogP contribution in [0.25, 0.3) is 0 Å². The lowest BCUT2D eigenvalue weighted by atomic mass is 9.97. The Morgan fingerprint density at radius 3 is 2.28 bits per heavy atom. The average Bonchev–Trinajstić information content (AvgIpc) is 2.63. The Kier molecular flexibility index (Phi) is 6.22. The van der Waals surface area contributed by atoms with E-state index >= 15 is 0 Å². The van der Waals surface area contributed by atoms with E-state index in [2.05, 4.69) is 5.32 Å². The van der Waals surface area contributed by atoms with Crippen molar-refractivity contribution in [2.75, 3.05) is 18.4 Å². The Morgan fingerprint density at radius 1 is 1.10 bits per heavy atom. The van der Waals surface area contributed by atoms with Crippen LogP contribution in [0.4, 0.5) is 5.69 Å². The number of benzene rings is 2. The molecular formula is C21H25ClN2O4S. The summed E-state index contributed by atoms with van der Waals surface area (Å²) in [6, 6.07) is 8.18. The first kappa shape index (κ1) is 21.6. The summed E-state index contributed by atoms with van der Waals surface area (Å²) in [5.41, 5.74) is 2.75. The highest BCUT2D eigenvalue weighted by molar-refractivity contribution is 7.89. The van der Waals surface area contributed by atoms with Crippen molar-refractivity contribution in [1.29, 1.82) is 0 Å². The molecule has 0 aliphatic carbocycles. The molecule has 2 aromatic carbocycles. The van der Waals surface area contributed by atoms with Gasteiger partial charge in [0.2, 0.25) is 15.9 Å². The number of halogens is 1. The number of phenols is 1. The second-order valence-corrected chi connectivity index (χ2v) is 9.87. The molecule has 2 N–H and O–H groups in total. The zero-order valence-electron chi connectivity index (χ0n) is 16.7. The van der Waals surface area contributed by atoms with Gasteiger partial charge in [-0.3, -0.25) is 4.79 Å². The molecule has 0 saturated carbocycles. The number of aryl methyl sites for hydroxylation is 3. The first-order valence-electron chi connectivity index (χ1n) is 9.47. The molecule has 1 fully saturated rings. The number of phenolic OH excluding ortho intramolecular Hbond substituents is 1. The molecule has 0 atom stereocenters. The normalized spacial score (nSPS) is 16.0. The van der Waals surface area contributed by atoms with Crippen molar-refractivity contribution < 1.29 is 18.3 Å². The molecule has 0 aromatic heterocycles. The van der Waals surface area contributed by atoms with Crippen LogP contribution >= 0.6 is 11.6 Å². The molecule has 1 aliphatic rings. The highest BCUT2D eigenvalue weighted by Crippen LogP contribution is 2.31. The first-order chi connectivity index (χ1) is 13.6. The molecular weight excluding hydrogens is 412 g/mol. The van der Waals surface area contributed by atoms with Crippen LogP contribution in [-0.2, 0) is 14.8 Å². The van der Waals surface area contributed by atoms with Crippen molar-refractivity contribution in [3.63, 3.8) is 0 Å². The lowest BCUT2D eigenvalue weighted by Crippen LogP contribution is -2.41. The maximum atomic E-state index is 13.2. The molecule has 0 unspecified atom stereocenters. The van der Waals surface area contributed by atoms with E-state index in [1.807, 2.05) is 32.9 Å². The smallest absolute Gasteiger partial charge is 0.243 e. The average molecular weight is 437 g/mol. The number of carbonyl (C=O) groups is 1. The molecule has 1 heterocycles. The van der Waals surface area contributed by atoms with Gasteiger partial charge < -0.3 is 10.4 Å². The lowest BCUT2D eigenvalue weighted by molar-refractivity contribution is -0.120. The summed E-state index contributed by atoms with van der Waals surface area (Å²) in [6.45, 7) is 6.11. The summed E-state index contributed by atoms with van der Waals surface area (Å²) in [6.07, 6.45) is 0.826. The van der Waals surface area contributed by atoms with Crippen molar-refractivity contribution >= 4 is 33.2 Å². The van der Waals surface area contributed by atoms with Crippen LogP contribution in [0, 0.1) is 26.7 Å². The summed E-state index contributed by atoms with van der Waals surface area (Å²) in [7, 11) is -3.62. The summed E-state index contributed by atoms with van der Waals surface area (Å²) >= 11 is 5.91. The minimum atomic E-state index is -3.62. The van der Waals surface area contributed by atoms with E-state index in [4.69, 9.17) is 11.6 Å². The number of anilines is 1. The second-order valence-electron chi connectivity index (χ2n) is 7.56. The number of hydrogen-bond donors (Lipinski definition) is 2. The van der Waals surface area contributed by atoms with Gasteiger partial charge in [0.25, 0.3) is 0 Å². The first-order valence-corrected chi connectivity index (χ1v) is 11.3. The van der Waals surface area contributed by atoms with Crippen molar-refractivity contribution in [2.24, 2.45) is 5.92 Å². The predicted octanol–water partition coefficient (Wildman–Crippen LogP) is 4.01. The van der Waals surface area contributed by atoms with Crippen LogP contribution in [-0.4, -0.2) is 36.8 Å². The monoisotopic (exact) mass is 436 g/mol. The third-order valence-electron chi connectivity index (χ3n) is 5.24. The van der Waals surface area contributed by atoms with E-state index in [1.54, 1.807) is 0 Å². The number of rotatable bonds is 4. The quantitative estimate of drug-likeness (QED) is 0.709. The maximum absolute atomic E-state index is 13.2. The number of piperidine rings is 1. The minimum absolute atomic E-state index is 0.0620. The standard InChI is InChI=1S/C21H25ClN2O4S/c1-13-10-14(2)20(15(3)11-13)29(27,28)24-8-6-16(7-9-24)21(26)23-18-12-17(22)4-5-19(18)25/h4-5,10-12,16,25H,6-9H2,1-3H3,(H,23,26). The van der Waals surface area contributed by atoms with Crippen LogP contribution in [0.3, 0.4) is 0 Å². The SMILES string of the molecule is Cc1cc(C)c(S(=O)(=O)N2CCC(C(=O)Nc3cc(Cl)ccc3O)CC2)c(C)c1. The zero-order valence-corrected chi connectivity index (χ0v) is 18.3. The van der Waals surface area contributed by atoms with Gasteiger partial charge in [-0.15, -0.1) is 0 Å². The number of nitrogens with one attached hydrogen (secondary N) is 1. The fraction of sp³-hybridized carbons (Fsp3) is 0.381. The molecule has 6 nitrogen and oxygen atoms in total. The van der Waals surface area contributed by atoms with E-state index in [9.17, 15) is 18.3 Å². The lowest BCUT2D eigenvalue weighted by Gasteiger charge is -2.31. The molecule has 156 valence electrons. The Balaban J connectivity index is 1.70. The van der Waals surface area contributed by atoms with E-state index in [1.165, 1.54) is 22.5 Å². The van der Waals surface area contributed by atoms with Gasteiger partial charge in [-0.2, -0.15) is 4.31 Å². The summed E-state index contributed by atoms with van der Waals surface area (Å²) in [4.78, 5) is 12.9. The third-order valence-corrected chi connectivity index (χ3v) is 7.68. The summed E-state index contributed by atoms with van der Waals surface area (Å²) in [5, 5.41) is 13.0. The molecule has 2 aromatic rings. The van der Waals surface area contributed by atoms with Crippen molar-refractivity contribution in [3.05, 3.63) is 52.0 Å². The van der Waals surface area contributed by atoms with Crippen LogP contribution in [0.15, 0.2) is 35.2 Å². The summed E-state index contributed by atoms with van der Waals surface area (Å²) in [5.74, 6) is -0.643. The van der Waals surface area contributed by atoms with Gasteiger partial charge in [-0.05, 0) is 62.9 Å². The molecule has 1 saturated heterocycles. The van der Waals surface area contributed by atoms with Crippen LogP contribution < -0.4 is 5.32 Å². The summed E-state index contributed by atoms with van der Waals surface area (Å²) < 4.78 is 27.8. The number of nitrogens with zero attached hydrogens (tertiary/aromatic N) is 1. The Labute approximate surface area is 176 Å². The number of aromatic hydroxyl groups is 1. The maximum Gasteiger partial charge on any atom is 0.243 e. The third kappa shape index (κ3) is 4.57. The molecule has 29 heavy (non-hydrogen) atoms. The molecule has 3 rings (SSSR count). The van der Waals surface area contributed by atoms with E-state index in [0.717, 1.165) is 16.7 Å². The molecule has 0 spiro atoms. The molecule has 0 radical (unpaired) electrons. The van der Waals surface area contributed by atoms with Crippen LogP contribution in [0.2, 0.25) is 5.02 Å². The van der Waals surface area contributed by atoms with Crippen molar-refractivity contribution in [2.45, 2.75) is 38.5 Å². The van der Waals surface area contributed by atoms with Gasteiger partial charge in [0.15, 0.2) is 0 Å². The zero-order chi connectivity index (χ0) is 21.3. The largest absolute Gasteiger partial charge is 0.506 e. The second kappa shape index (κ2) is 8.34. The van der Waals surface area contributed by atoms with E-state index in [-0.39, 0.29) is 36.4 Å². The fourth-order valence-corrected chi connectivity index (χ4v) is 5.96. The Hall–Kier alpha value is -2.09. The van der Waals surface area contributed by atoms with Gasteiger partial charge in [0.05, 0.1) is 10.6 Å². The van der Waals surface area contributed by atoms with E-state index < -0.39 is 10.0 Å². The number of amides is 1. The van der Waals surface area contributed by atoms with Crippen molar-refractivity contribution in [1.82, 2.24) is 4.31 Å². The highest BCUT2D eigenvalue weighted by Gasteiger charge is 2.33. The number of carbonyl (C=O) groups excluding carboxylic acids is 1. The van der Waals surface area contributed by atoms with Gasteiger partial charge >= 0.3 is 0 Å². The van der Waals surface area contributed by atoms with Crippen molar-refractivity contribution in [3.8, 4) is 5.75 Å². The van der Waals surface area contributed by atoms with Crippen LogP contribution in [0.1, 0.15) is 29.5 Å². The topological polar surface area (TPSA) is 86.7 Å². The molecule has 8 heteroatoms. The van der Waals surface area contributed by atoms with Gasteiger partial charge in [0.1, 0.15) is 5.75 Å². The predicted molar refractivity (Wildman–Crippen MR) is 114 cm³/mol. The molecule has 1 aliphatic heterocycles. The van der Waals surface area contributed by atoms with Gasteiger partial charge in [-0.25, -0.2) is 8.42 Å². The molecule has 1 amide bonds. The van der Waals surface area contributed by atoms with E-state index in [0.29, 0.717) is 22.8 Å². The van der Waals surface area contributed by atoms with Gasteiger partial charge in [0, 0.05) is 24.0 Å². The molecule has 0 bridgehead atoms. The van der Waals surface area contributed by atoms with Crippen LogP contribution in [0.5, 0.6) is 5.75 Å². The number of hydrogen-bond acceptors (Lipinski definition) is 4. The number of sulfonamides is 1. The minimum Gasteiger partial charge on any atom is -0.506 e.